The fourth-order valence-corrected chi connectivity index (χ4v) is 3.53. The molecule has 4 rings (SSSR count). The molecule has 1 aliphatic rings. The number of rotatable bonds is 6. The number of hydrogen-bond acceptors (Lipinski definition) is 6. The van der Waals surface area contributed by atoms with Crippen molar-refractivity contribution in [3.05, 3.63) is 59.9 Å². The molecule has 0 aromatic carbocycles. The van der Waals surface area contributed by atoms with Crippen molar-refractivity contribution in [2.45, 2.75) is 33.4 Å². The van der Waals surface area contributed by atoms with Crippen molar-refractivity contribution < 1.29 is 4.42 Å². The third-order valence-corrected chi connectivity index (χ3v) is 5.05. The van der Waals surface area contributed by atoms with E-state index < -0.39 is 0 Å². The van der Waals surface area contributed by atoms with Crippen LogP contribution in [0.25, 0.3) is 11.4 Å². The van der Waals surface area contributed by atoms with Gasteiger partial charge in [0.15, 0.2) is 11.7 Å². The first-order valence-electron chi connectivity index (χ1n) is 9.58. The Labute approximate surface area is 159 Å². The number of pyridine rings is 1. The minimum atomic E-state index is 0.777. The van der Waals surface area contributed by atoms with E-state index in [1.165, 1.54) is 5.56 Å². The van der Waals surface area contributed by atoms with Gasteiger partial charge in [-0.25, -0.2) is 9.97 Å². The maximum atomic E-state index is 6.04. The second kappa shape index (κ2) is 7.88. The maximum absolute atomic E-state index is 6.04. The number of anilines is 1. The molecule has 0 unspecified atom stereocenters. The van der Waals surface area contributed by atoms with Gasteiger partial charge in [-0.05, 0) is 32.0 Å². The van der Waals surface area contributed by atoms with Crippen LogP contribution >= 0.6 is 0 Å². The quantitative estimate of drug-likeness (QED) is 0.668. The Kier molecular flexibility index (Phi) is 5.16. The Morgan fingerprint density at radius 2 is 1.93 bits per heavy atom. The fraction of sp³-hybridized carbons (Fsp3) is 0.381. The molecule has 0 N–H and O–H groups in total. The average molecular weight is 363 g/mol. The first-order chi connectivity index (χ1) is 13.3. The molecule has 4 heterocycles. The van der Waals surface area contributed by atoms with Gasteiger partial charge in [-0.2, -0.15) is 0 Å². The summed E-state index contributed by atoms with van der Waals surface area (Å²) in [5.74, 6) is 2.74. The predicted molar refractivity (Wildman–Crippen MR) is 105 cm³/mol. The van der Waals surface area contributed by atoms with Gasteiger partial charge in [-0.1, -0.05) is 0 Å². The van der Waals surface area contributed by atoms with Crippen LogP contribution in [0.3, 0.4) is 0 Å². The second-order valence-electron chi connectivity index (χ2n) is 6.77. The Balaban J connectivity index is 1.44. The lowest BCUT2D eigenvalue weighted by molar-refractivity contribution is 0.224. The number of nitrogens with zero attached hydrogens (tertiary/aromatic N) is 5. The SMILES string of the molecule is CCN(CC)c1ccc(CN2CCc3nc(-c4ccncc4)ncc3C2)o1. The van der Waals surface area contributed by atoms with Gasteiger partial charge in [0.2, 0.25) is 0 Å². The van der Waals surface area contributed by atoms with Gasteiger partial charge < -0.3 is 9.32 Å². The van der Waals surface area contributed by atoms with Crippen molar-refractivity contribution in [3.8, 4) is 11.4 Å². The topological polar surface area (TPSA) is 58.3 Å². The number of aromatic nitrogens is 3. The largest absolute Gasteiger partial charge is 0.444 e. The van der Waals surface area contributed by atoms with Crippen molar-refractivity contribution in [2.75, 3.05) is 24.5 Å². The molecule has 6 nitrogen and oxygen atoms in total. The highest BCUT2D eigenvalue weighted by atomic mass is 16.4. The summed E-state index contributed by atoms with van der Waals surface area (Å²) in [4.78, 5) is 18.0. The van der Waals surface area contributed by atoms with E-state index in [2.05, 4.69) is 45.7 Å². The zero-order valence-electron chi connectivity index (χ0n) is 15.9. The molecule has 6 heteroatoms. The Bertz CT molecular complexity index is 889. The molecule has 140 valence electrons. The van der Waals surface area contributed by atoms with Gasteiger partial charge >= 0.3 is 0 Å². The van der Waals surface area contributed by atoms with Crippen LogP contribution in [0, 0.1) is 0 Å². The van der Waals surface area contributed by atoms with Crippen LogP contribution in [-0.4, -0.2) is 39.5 Å². The lowest BCUT2D eigenvalue weighted by Gasteiger charge is -2.27. The van der Waals surface area contributed by atoms with E-state index in [4.69, 9.17) is 9.40 Å². The van der Waals surface area contributed by atoms with Crippen LogP contribution in [0.4, 0.5) is 5.88 Å². The van der Waals surface area contributed by atoms with E-state index in [9.17, 15) is 0 Å². The molecule has 27 heavy (non-hydrogen) atoms. The molecule has 3 aromatic rings. The average Bonchev–Trinajstić information content (AvgIpc) is 3.17. The van der Waals surface area contributed by atoms with Crippen LogP contribution < -0.4 is 4.90 Å². The van der Waals surface area contributed by atoms with Crippen LogP contribution in [0.15, 0.2) is 47.3 Å². The second-order valence-corrected chi connectivity index (χ2v) is 6.77. The summed E-state index contributed by atoms with van der Waals surface area (Å²) in [6.07, 6.45) is 6.44. The van der Waals surface area contributed by atoms with Crippen molar-refractivity contribution in [2.24, 2.45) is 0 Å². The lowest BCUT2D eigenvalue weighted by atomic mass is 10.1. The first kappa shape index (κ1) is 17.7. The number of fused-ring (bicyclic) bond motifs is 1. The lowest BCUT2D eigenvalue weighted by Crippen LogP contribution is -2.30. The molecule has 0 bridgehead atoms. The van der Waals surface area contributed by atoms with Gasteiger partial charge in [0.25, 0.3) is 0 Å². The molecular formula is C21H25N5O. The molecule has 0 amide bonds. The zero-order chi connectivity index (χ0) is 18.6. The highest BCUT2D eigenvalue weighted by molar-refractivity contribution is 5.54. The summed E-state index contributed by atoms with van der Waals surface area (Å²) in [7, 11) is 0. The summed E-state index contributed by atoms with van der Waals surface area (Å²) < 4.78 is 6.04. The van der Waals surface area contributed by atoms with Gasteiger partial charge in [-0.15, -0.1) is 0 Å². The zero-order valence-corrected chi connectivity index (χ0v) is 15.9. The molecule has 3 aromatic heterocycles. The normalized spacial score (nSPS) is 14.1. The summed E-state index contributed by atoms with van der Waals surface area (Å²) in [6, 6.07) is 8.05. The van der Waals surface area contributed by atoms with Crippen LogP contribution in [-0.2, 0) is 19.5 Å². The molecule has 0 atom stereocenters. The van der Waals surface area contributed by atoms with Crippen LogP contribution in [0.2, 0.25) is 0 Å². The third kappa shape index (κ3) is 3.85. The van der Waals surface area contributed by atoms with Crippen LogP contribution in [0.5, 0.6) is 0 Å². The monoisotopic (exact) mass is 363 g/mol. The molecule has 0 fully saturated rings. The van der Waals surface area contributed by atoms with Crippen molar-refractivity contribution in [1.82, 2.24) is 19.9 Å². The van der Waals surface area contributed by atoms with Crippen molar-refractivity contribution in [1.29, 1.82) is 0 Å². The highest BCUT2D eigenvalue weighted by Crippen LogP contribution is 2.24. The molecule has 0 saturated carbocycles. The van der Waals surface area contributed by atoms with E-state index in [0.29, 0.717) is 0 Å². The van der Waals surface area contributed by atoms with E-state index >= 15 is 0 Å². The van der Waals surface area contributed by atoms with Gasteiger partial charge in [0.1, 0.15) is 5.76 Å². The number of hydrogen-bond donors (Lipinski definition) is 0. The minimum Gasteiger partial charge on any atom is -0.444 e. The fourth-order valence-electron chi connectivity index (χ4n) is 3.53. The molecule has 0 saturated heterocycles. The molecule has 0 spiro atoms. The molecule has 0 aliphatic carbocycles. The van der Waals surface area contributed by atoms with Gasteiger partial charge in [-0.3, -0.25) is 9.88 Å². The smallest absolute Gasteiger partial charge is 0.195 e. The van der Waals surface area contributed by atoms with Crippen LogP contribution in [0.1, 0.15) is 30.9 Å². The van der Waals surface area contributed by atoms with Crippen molar-refractivity contribution in [3.63, 3.8) is 0 Å². The van der Waals surface area contributed by atoms with Gasteiger partial charge in [0.05, 0.1) is 12.2 Å². The van der Waals surface area contributed by atoms with E-state index in [-0.39, 0.29) is 0 Å². The summed E-state index contributed by atoms with van der Waals surface area (Å²) in [6.45, 7) is 8.84. The standard InChI is InChI=1S/C21H25N5O/c1-3-26(4-2)20-6-5-18(27-20)15-25-12-9-19-17(14-25)13-23-21(24-19)16-7-10-22-11-8-16/h5-8,10-11,13H,3-4,9,12,14-15H2,1-2H3. The van der Waals surface area contributed by atoms with Gasteiger partial charge in [0, 0.05) is 68.4 Å². The minimum absolute atomic E-state index is 0.777. The number of furan rings is 1. The summed E-state index contributed by atoms with van der Waals surface area (Å²) in [5.41, 5.74) is 3.36. The predicted octanol–water partition coefficient (Wildman–Crippen LogP) is 3.54. The van der Waals surface area contributed by atoms with E-state index in [1.807, 2.05) is 18.3 Å². The third-order valence-electron chi connectivity index (χ3n) is 5.05. The Morgan fingerprint density at radius 1 is 1.11 bits per heavy atom. The molecule has 0 radical (unpaired) electrons. The summed E-state index contributed by atoms with van der Waals surface area (Å²) >= 11 is 0. The van der Waals surface area contributed by atoms with E-state index in [1.54, 1.807) is 12.4 Å². The molecule has 1 aliphatic heterocycles. The Hall–Kier alpha value is -2.73. The first-order valence-corrected chi connectivity index (χ1v) is 9.58. The maximum Gasteiger partial charge on any atom is 0.195 e. The Morgan fingerprint density at radius 3 is 2.70 bits per heavy atom. The summed E-state index contributed by atoms with van der Waals surface area (Å²) in [5, 5.41) is 0. The van der Waals surface area contributed by atoms with Crippen molar-refractivity contribution >= 4 is 5.88 Å². The molecular weight excluding hydrogens is 338 g/mol. The van der Waals surface area contributed by atoms with E-state index in [0.717, 1.165) is 67.9 Å². The highest BCUT2D eigenvalue weighted by Gasteiger charge is 2.20.